The smallest absolute Gasteiger partial charge is 0.410 e. The van der Waals surface area contributed by atoms with E-state index in [9.17, 15) is 14.7 Å². The van der Waals surface area contributed by atoms with Gasteiger partial charge in [0.05, 0.1) is 5.56 Å². The van der Waals surface area contributed by atoms with E-state index in [0.717, 1.165) is 34.1 Å². The molecule has 2 N–H and O–H groups in total. The van der Waals surface area contributed by atoms with Gasteiger partial charge in [-0.05, 0) is 61.9 Å². The number of ether oxygens (including phenoxy) is 2. The van der Waals surface area contributed by atoms with Gasteiger partial charge in [0.2, 0.25) is 0 Å². The van der Waals surface area contributed by atoms with Crippen molar-refractivity contribution in [1.29, 1.82) is 0 Å². The molecule has 0 saturated carbocycles. The van der Waals surface area contributed by atoms with Crippen LogP contribution in [0.25, 0.3) is 16.8 Å². The highest BCUT2D eigenvalue weighted by Gasteiger charge is 2.29. The first-order valence-corrected chi connectivity index (χ1v) is 12.5. The molecule has 1 amide bonds. The minimum Gasteiger partial charge on any atom is -0.489 e. The summed E-state index contributed by atoms with van der Waals surface area (Å²) in [7, 11) is 0. The molecule has 3 aromatic carbocycles. The number of carbonyl (C=O) groups is 2. The largest absolute Gasteiger partial charge is 0.489 e. The van der Waals surface area contributed by atoms with E-state index in [0.29, 0.717) is 26.2 Å². The number of benzene rings is 3. The zero-order valence-corrected chi connectivity index (χ0v) is 21.6. The number of fused-ring (bicyclic) bond motifs is 1. The van der Waals surface area contributed by atoms with Crippen LogP contribution in [0.4, 0.5) is 4.79 Å². The fourth-order valence-corrected chi connectivity index (χ4v) is 4.29. The summed E-state index contributed by atoms with van der Waals surface area (Å²) >= 11 is 0. The summed E-state index contributed by atoms with van der Waals surface area (Å²) < 4.78 is 11.8. The van der Waals surface area contributed by atoms with Gasteiger partial charge in [-0.25, -0.2) is 9.59 Å². The number of amides is 1. The zero-order valence-electron chi connectivity index (χ0n) is 21.6. The number of hydrogen-bond acceptors (Lipinski definition) is 5. The van der Waals surface area contributed by atoms with Crippen molar-refractivity contribution in [3.63, 3.8) is 0 Å². The average molecular weight is 503 g/mol. The van der Waals surface area contributed by atoms with E-state index in [1.165, 1.54) is 0 Å². The summed E-state index contributed by atoms with van der Waals surface area (Å²) in [6.07, 6.45) is 2.57. The summed E-state index contributed by atoms with van der Waals surface area (Å²) in [4.78, 5) is 25.4. The predicted molar refractivity (Wildman–Crippen MR) is 145 cm³/mol. The lowest BCUT2D eigenvalue weighted by Gasteiger charge is -2.24. The number of aromatic carboxylic acids is 1. The molecule has 7 heteroatoms. The molecule has 1 fully saturated rings. The minimum absolute atomic E-state index is 0.142. The summed E-state index contributed by atoms with van der Waals surface area (Å²) in [5, 5.41) is 14.9. The van der Waals surface area contributed by atoms with Gasteiger partial charge >= 0.3 is 12.1 Å². The molecular weight excluding hydrogens is 468 g/mol. The second-order valence-electron chi connectivity index (χ2n) is 10.3. The summed E-state index contributed by atoms with van der Waals surface area (Å²) in [5.41, 5.74) is 1.63. The van der Waals surface area contributed by atoms with Crippen molar-refractivity contribution in [2.45, 2.75) is 38.8 Å². The van der Waals surface area contributed by atoms with Crippen LogP contribution in [0.15, 0.2) is 72.3 Å². The SMILES string of the molecule is CC(C)(C)OC(=O)N1CCC(NCC(=Cc2ccc(C(=O)O)cc2)COc2cccc3ccccc23)C1. The van der Waals surface area contributed by atoms with Crippen molar-refractivity contribution < 1.29 is 24.2 Å². The van der Waals surface area contributed by atoms with Crippen LogP contribution < -0.4 is 10.1 Å². The van der Waals surface area contributed by atoms with Gasteiger partial charge in [-0.1, -0.05) is 54.6 Å². The number of likely N-dealkylation sites (tertiary alicyclic amines) is 1. The fourth-order valence-electron chi connectivity index (χ4n) is 4.29. The van der Waals surface area contributed by atoms with Gasteiger partial charge in [0.1, 0.15) is 18.0 Å². The molecule has 1 saturated heterocycles. The third kappa shape index (κ3) is 7.33. The maximum absolute atomic E-state index is 12.4. The molecule has 37 heavy (non-hydrogen) atoms. The highest BCUT2D eigenvalue weighted by atomic mass is 16.6. The van der Waals surface area contributed by atoms with Crippen LogP contribution in [0.1, 0.15) is 43.1 Å². The Morgan fingerprint density at radius 3 is 2.51 bits per heavy atom. The monoisotopic (exact) mass is 502 g/mol. The Morgan fingerprint density at radius 1 is 1.05 bits per heavy atom. The zero-order chi connectivity index (χ0) is 26.4. The summed E-state index contributed by atoms with van der Waals surface area (Å²) in [6.45, 7) is 7.77. The van der Waals surface area contributed by atoms with Crippen molar-refractivity contribution in [3.8, 4) is 5.75 Å². The van der Waals surface area contributed by atoms with Crippen molar-refractivity contribution in [3.05, 3.63) is 83.4 Å². The van der Waals surface area contributed by atoms with E-state index >= 15 is 0 Å². The predicted octanol–water partition coefficient (Wildman–Crippen LogP) is 5.60. The van der Waals surface area contributed by atoms with Crippen molar-refractivity contribution in [1.82, 2.24) is 10.2 Å². The Balaban J connectivity index is 1.45. The number of nitrogens with one attached hydrogen (secondary N) is 1. The van der Waals surface area contributed by atoms with Crippen molar-refractivity contribution in [2.24, 2.45) is 0 Å². The average Bonchev–Trinajstić information content (AvgIpc) is 3.34. The van der Waals surface area contributed by atoms with Crippen LogP contribution in [0, 0.1) is 0 Å². The normalized spacial score (nSPS) is 16.1. The minimum atomic E-state index is -0.951. The summed E-state index contributed by atoms with van der Waals surface area (Å²) in [6, 6.07) is 21.0. The Morgan fingerprint density at radius 2 is 1.78 bits per heavy atom. The summed E-state index contributed by atoms with van der Waals surface area (Å²) in [5.74, 6) is -0.144. The first-order chi connectivity index (χ1) is 17.7. The maximum atomic E-state index is 12.4. The van der Waals surface area contributed by atoms with Gasteiger partial charge in [-0.2, -0.15) is 0 Å². The number of rotatable bonds is 8. The Kier molecular flexibility index (Phi) is 8.14. The lowest BCUT2D eigenvalue weighted by atomic mass is 10.1. The molecule has 0 radical (unpaired) electrons. The van der Waals surface area contributed by atoms with E-state index in [2.05, 4.69) is 17.4 Å². The molecule has 1 heterocycles. The molecule has 194 valence electrons. The molecule has 1 atom stereocenters. The van der Waals surface area contributed by atoms with Gasteiger partial charge in [0.25, 0.3) is 0 Å². The topological polar surface area (TPSA) is 88.1 Å². The first-order valence-electron chi connectivity index (χ1n) is 12.5. The molecule has 4 rings (SSSR count). The number of nitrogens with zero attached hydrogens (tertiary/aromatic N) is 1. The van der Waals surface area contributed by atoms with Crippen molar-refractivity contribution in [2.75, 3.05) is 26.2 Å². The molecule has 0 spiro atoms. The number of carbonyl (C=O) groups excluding carboxylic acids is 1. The van der Waals surface area contributed by atoms with Crippen LogP contribution in [-0.4, -0.2) is 60.0 Å². The van der Waals surface area contributed by atoms with E-state index in [1.54, 1.807) is 29.2 Å². The number of carboxylic acid groups (broad SMARTS) is 1. The first kappa shape index (κ1) is 26.2. The molecular formula is C30H34N2O5. The quantitative estimate of drug-likeness (QED) is 0.417. The van der Waals surface area contributed by atoms with Crippen LogP contribution in [0.3, 0.4) is 0 Å². The molecule has 1 unspecified atom stereocenters. The van der Waals surface area contributed by atoms with E-state index in [-0.39, 0.29) is 17.7 Å². The third-order valence-electron chi connectivity index (χ3n) is 6.15. The Bertz CT molecular complexity index is 1270. The van der Waals surface area contributed by atoms with Crippen LogP contribution >= 0.6 is 0 Å². The molecule has 7 nitrogen and oxygen atoms in total. The van der Waals surface area contributed by atoms with Crippen LogP contribution in [0.5, 0.6) is 5.75 Å². The van der Waals surface area contributed by atoms with Crippen LogP contribution in [-0.2, 0) is 4.74 Å². The molecule has 1 aliphatic rings. The van der Waals surface area contributed by atoms with E-state index in [4.69, 9.17) is 9.47 Å². The Hall–Kier alpha value is -3.84. The highest BCUT2D eigenvalue weighted by Crippen LogP contribution is 2.26. The van der Waals surface area contributed by atoms with Gasteiger partial charge in [0.15, 0.2) is 0 Å². The maximum Gasteiger partial charge on any atom is 0.410 e. The number of hydrogen-bond donors (Lipinski definition) is 2. The molecule has 3 aromatic rings. The molecule has 0 aromatic heterocycles. The van der Waals surface area contributed by atoms with Gasteiger partial charge in [-0.3, -0.25) is 0 Å². The standard InChI is InChI=1S/C30H34N2O5/c1-30(2,3)37-29(35)32-16-15-25(19-32)31-18-22(17-21-11-13-24(14-12-21)28(33)34)20-36-27-10-6-8-23-7-4-5-9-26(23)27/h4-14,17,25,31H,15-16,18-20H2,1-3H3,(H,33,34). The third-order valence-corrected chi connectivity index (χ3v) is 6.15. The molecule has 0 aliphatic carbocycles. The lowest BCUT2D eigenvalue weighted by molar-refractivity contribution is 0.0291. The van der Waals surface area contributed by atoms with E-state index in [1.807, 2.05) is 57.2 Å². The van der Waals surface area contributed by atoms with Crippen molar-refractivity contribution >= 4 is 28.9 Å². The van der Waals surface area contributed by atoms with Gasteiger partial charge in [0, 0.05) is 31.1 Å². The highest BCUT2D eigenvalue weighted by molar-refractivity contribution is 5.88. The molecule has 0 bridgehead atoms. The number of carboxylic acids is 1. The van der Waals surface area contributed by atoms with Gasteiger partial charge < -0.3 is 24.8 Å². The van der Waals surface area contributed by atoms with Crippen LogP contribution in [0.2, 0.25) is 0 Å². The Labute approximate surface area is 217 Å². The second-order valence-corrected chi connectivity index (χ2v) is 10.3. The molecule has 1 aliphatic heterocycles. The fraction of sp³-hybridized carbons (Fsp3) is 0.333. The van der Waals surface area contributed by atoms with Gasteiger partial charge in [-0.15, -0.1) is 0 Å². The second kappa shape index (κ2) is 11.5. The lowest BCUT2D eigenvalue weighted by Crippen LogP contribution is -2.39. The van der Waals surface area contributed by atoms with E-state index < -0.39 is 11.6 Å².